The monoisotopic (exact) mass is 366 g/mol. The lowest BCUT2D eigenvalue weighted by molar-refractivity contribution is -0.914. The maximum Gasteiger partial charge on any atom is 0.282 e. The first-order valence-corrected chi connectivity index (χ1v) is 9.91. The molecule has 0 aliphatic carbocycles. The summed E-state index contributed by atoms with van der Waals surface area (Å²) in [7, 11) is 0. The number of nitrogens with one attached hydrogen (secondary N) is 2. The van der Waals surface area contributed by atoms with Crippen LogP contribution in [0, 0.1) is 27.7 Å². The Kier molecular flexibility index (Phi) is 5.85. The molecular weight excluding hydrogens is 334 g/mol. The van der Waals surface area contributed by atoms with E-state index in [9.17, 15) is 4.79 Å². The number of piperazine rings is 1. The van der Waals surface area contributed by atoms with E-state index in [1.54, 1.807) is 0 Å². The lowest BCUT2D eigenvalue weighted by atomic mass is 10.1. The van der Waals surface area contributed by atoms with E-state index in [0.717, 1.165) is 43.0 Å². The number of hydrogen-bond donors (Lipinski definition) is 2. The van der Waals surface area contributed by atoms with Crippen LogP contribution in [-0.4, -0.2) is 38.1 Å². The van der Waals surface area contributed by atoms with Gasteiger partial charge in [0.05, 0.1) is 26.2 Å². The number of quaternary nitrogens is 1. The van der Waals surface area contributed by atoms with Crippen molar-refractivity contribution in [2.75, 3.05) is 36.4 Å². The summed E-state index contributed by atoms with van der Waals surface area (Å²) in [5, 5.41) is 3.16. The number of hydrogen-bond acceptors (Lipinski definition) is 2. The van der Waals surface area contributed by atoms with Crippen LogP contribution in [0.3, 0.4) is 0 Å². The van der Waals surface area contributed by atoms with E-state index in [-0.39, 0.29) is 11.9 Å². The molecule has 4 heteroatoms. The maximum atomic E-state index is 12.8. The van der Waals surface area contributed by atoms with Gasteiger partial charge in [0, 0.05) is 11.4 Å². The molecule has 0 unspecified atom stereocenters. The molecule has 1 aliphatic rings. The lowest BCUT2D eigenvalue weighted by Crippen LogP contribution is -3.19. The predicted octanol–water partition coefficient (Wildman–Crippen LogP) is 2.65. The zero-order chi connectivity index (χ0) is 19.6. The van der Waals surface area contributed by atoms with Crippen molar-refractivity contribution < 1.29 is 9.69 Å². The van der Waals surface area contributed by atoms with Crippen LogP contribution < -0.4 is 15.1 Å². The van der Waals surface area contributed by atoms with Gasteiger partial charge in [0.15, 0.2) is 6.04 Å². The maximum absolute atomic E-state index is 12.8. The fourth-order valence-electron chi connectivity index (χ4n) is 3.97. The van der Waals surface area contributed by atoms with E-state index >= 15 is 0 Å². The van der Waals surface area contributed by atoms with E-state index in [1.165, 1.54) is 21.7 Å². The molecule has 1 amide bonds. The van der Waals surface area contributed by atoms with Crippen molar-refractivity contribution in [3.8, 4) is 0 Å². The van der Waals surface area contributed by atoms with Crippen molar-refractivity contribution in [3.05, 3.63) is 58.7 Å². The Hall–Kier alpha value is -2.33. The molecular formula is C23H32N3O+. The molecule has 0 spiro atoms. The van der Waals surface area contributed by atoms with Gasteiger partial charge in [0.1, 0.15) is 0 Å². The molecule has 27 heavy (non-hydrogen) atoms. The van der Waals surface area contributed by atoms with Gasteiger partial charge in [-0.05, 0) is 62.9 Å². The fourth-order valence-corrected chi connectivity index (χ4v) is 3.97. The molecule has 1 atom stereocenters. The van der Waals surface area contributed by atoms with Crippen LogP contribution in [0.4, 0.5) is 11.4 Å². The van der Waals surface area contributed by atoms with Crippen LogP contribution in [-0.2, 0) is 4.79 Å². The molecule has 2 aromatic rings. The summed E-state index contributed by atoms with van der Waals surface area (Å²) in [6, 6.07) is 12.6. The van der Waals surface area contributed by atoms with Crippen molar-refractivity contribution >= 4 is 17.3 Å². The second-order valence-corrected chi connectivity index (χ2v) is 7.84. The molecule has 1 aliphatic heterocycles. The van der Waals surface area contributed by atoms with E-state index in [1.807, 2.05) is 39.0 Å². The first-order valence-electron chi connectivity index (χ1n) is 9.91. The van der Waals surface area contributed by atoms with Gasteiger partial charge >= 0.3 is 0 Å². The topological polar surface area (TPSA) is 36.8 Å². The van der Waals surface area contributed by atoms with E-state index in [4.69, 9.17) is 0 Å². The highest BCUT2D eigenvalue weighted by Crippen LogP contribution is 2.23. The van der Waals surface area contributed by atoms with Crippen LogP contribution in [0.5, 0.6) is 0 Å². The van der Waals surface area contributed by atoms with Gasteiger partial charge in [-0.2, -0.15) is 0 Å². The molecule has 3 rings (SSSR count). The largest absolute Gasteiger partial charge is 0.360 e. The molecule has 2 N–H and O–H groups in total. The Morgan fingerprint density at radius 1 is 0.963 bits per heavy atom. The average Bonchev–Trinajstić information content (AvgIpc) is 2.66. The number of rotatable bonds is 4. The molecule has 144 valence electrons. The number of aryl methyl sites for hydroxylation is 3. The van der Waals surface area contributed by atoms with Gasteiger partial charge in [0.2, 0.25) is 0 Å². The van der Waals surface area contributed by atoms with Gasteiger partial charge in [-0.1, -0.05) is 30.3 Å². The Balaban J connectivity index is 1.62. The fraction of sp³-hybridized carbons (Fsp3) is 0.435. The smallest absolute Gasteiger partial charge is 0.282 e. The van der Waals surface area contributed by atoms with E-state index < -0.39 is 0 Å². The third-order valence-electron chi connectivity index (χ3n) is 6.06. The Morgan fingerprint density at radius 3 is 2.15 bits per heavy atom. The minimum Gasteiger partial charge on any atom is -0.360 e. The summed E-state index contributed by atoms with van der Waals surface area (Å²) in [6.45, 7) is 14.4. The van der Waals surface area contributed by atoms with Crippen LogP contribution in [0.25, 0.3) is 0 Å². The Morgan fingerprint density at radius 2 is 1.52 bits per heavy atom. The number of carbonyl (C=O) groups excluding carboxylic acids is 1. The summed E-state index contributed by atoms with van der Waals surface area (Å²) < 4.78 is 0. The number of nitrogens with zero attached hydrogens (tertiary/aromatic N) is 1. The molecule has 0 bridgehead atoms. The highest BCUT2D eigenvalue weighted by Gasteiger charge is 2.30. The molecule has 1 heterocycles. The predicted molar refractivity (Wildman–Crippen MR) is 113 cm³/mol. The average molecular weight is 367 g/mol. The zero-order valence-corrected chi connectivity index (χ0v) is 17.2. The molecule has 1 saturated heterocycles. The lowest BCUT2D eigenvalue weighted by Gasteiger charge is -2.36. The Bertz CT molecular complexity index is 802. The second-order valence-electron chi connectivity index (χ2n) is 7.84. The van der Waals surface area contributed by atoms with Gasteiger partial charge in [-0.15, -0.1) is 0 Å². The molecule has 2 aromatic carbocycles. The summed E-state index contributed by atoms with van der Waals surface area (Å²) in [6.07, 6.45) is 0. The first-order chi connectivity index (χ1) is 12.9. The Labute approximate surface area is 163 Å². The number of benzene rings is 2. The van der Waals surface area contributed by atoms with Gasteiger partial charge < -0.3 is 15.1 Å². The SMILES string of the molecule is Cc1cccc(N2CC[NH+]([C@H](C)C(=O)Nc3c(C)cccc3C)CC2)c1C. The van der Waals surface area contributed by atoms with Crippen LogP contribution in [0.2, 0.25) is 0 Å². The van der Waals surface area contributed by atoms with E-state index in [2.05, 4.69) is 42.3 Å². The molecule has 0 aromatic heterocycles. The summed E-state index contributed by atoms with van der Waals surface area (Å²) >= 11 is 0. The normalized spacial score (nSPS) is 16.3. The van der Waals surface area contributed by atoms with Crippen molar-refractivity contribution in [2.45, 2.75) is 40.7 Å². The molecule has 0 radical (unpaired) electrons. The number of amides is 1. The van der Waals surface area contributed by atoms with E-state index in [0.29, 0.717) is 0 Å². The van der Waals surface area contributed by atoms with Crippen molar-refractivity contribution in [3.63, 3.8) is 0 Å². The molecule has 0 saturated carbocycles. The number of para-hydroxylation sites is 1. The number of carbonyl (C=O) groups is 1. The third-order valence-corrected chi connectivity index (χ3v) is 6.06. The molecule has 1 fully saturated rings. The van der Waals surface area contributed by atoms with Crippen molar-refractivity contribution in [1.82, 2.24) is 0 Å². The van der Waals surface area contributed by atoms with Crippen LogP contribution in [0.1, 0.15) is 29.2 Å². The summed E-state index contributed by atoms with van der Waals surface area (Å²) in [4.78, 5) is 16.6. The van der Waals surface area contributed by atoms with Crippen LogP contribution in [0.15, 0.2) is 36.4 Å². The summed E-state index contributed by atoms with van der Waals surface area (Å²) in [5.74, 6) is 0.114. The van der Waals surface area contributed by atoms with Gasteiger partial charge in [0.25, 0.3) is 5.91 Å². The van der Waals surface area contributed by atoms with Crippen molar-refractivity contribution in [1.29, 1.82) is 0 Å². The van der Waals surface area contributed by atoms with Crippen LogP contribution >= 0.6 is 0 Å². The second kappa shape index (κ2) is 8.13. The minimum atomic E-state index is -0.0511. The first kappa shape index (κ1) is 19.4. The van der Waals surface area contributed by atoms with Crippen molar-refractivity contribution in [2.24, 2.45) is 0 Å². The van der Waals surface area contributed by atoms with Gasteiger partial charge in [-0.25, -0.2) is 0 Å². The highest BCUT2D eigenvalue weighted by atomic mass is 16.2. The summed E-state index contributed by atoms with van der Waals surface area (Å²) in [5.41, 5.74) is 7.23. The molecule has 4 nitrogen and oxygen atoms in total. The third kappa shape index (κ3) is 4.16. The number of anilines is 2. The standard InChI is InChI=1S/C23H31N3O/c1-16-8-7-11-21(19(16)4)26-14-12-25(13-15-26)20(5)23(27)24-22-17(2)9-6-10-18(22)3/h6-11,20H,12-15H2,1-5H3,(H,24,27)/p+1/t20-/m1/s1. The minimum absolute atomic E-state index is 0.0511. The quantitative estimate of drug-likeness (QED) is 0.873. The van der Waals surface area contributed by atoms with Gasteiger partial charge in [-0.3, -0.25) is 4.79 Å². The highest BCUT2D eigenvalue weighted by molar-refractivity contribution is 5.95. The zero-order valence-electron chi connectivity index (χ0n) is 17.2.